The van der Waals surface area contributed by atoms with E-state index in [0.717, 1.165) is 10.9 Å². The van der Waals surface area contributed by atoms with Crippen molar-refractivity contribution >= 4 is 32.3 Å². The molecule has 0 amide bonds. The second-order valence-corrected chi connectivity index (χ2v) is 6.11. The topological polar surface area (TPSA) is 40.5 Å². The van der Waals surface area contributed by atoms with Crippen molar-refractivity contribution in [2.24, 2.45) is 0 Å². The molecule has 2 unspecified atom stereocenters. The Labute approximate surface area is 129 Å². The number of hydrogen-bond acceptors (Lipinski definition) is 2. The van der Waals surface area contributed by atoms with Crippen LogP contribution in [0.2, 0.25) is 0 Å². The molecule has 0 radical (unpaired) electrons. The van der Waals surface area contributed by atoms with Crippen LogP contribution in [0, 0.1) is 0 Å². The Morgan fingerprint density at radius 1 is 0.773 bits per heavy atom. The number of rotatable bonds is 3. The predicted molar refractivity (Wildman–Crippen MR) is 91.4 cm³/mol. The van der Waals surface area contributed by atoms with Crippen LogP contribution in [0.1, 0.15) is 25.0 Å². The molecular weight excluding hydrogens is 272 g/mol. The Hall–Kier alpha value is -2.16. The summed E-state index contributed by atoms with van der Waals surface area (Å²) in [7, 11) is 0. The molecule has 0 saturated heterocycles. The Bertz CT molecular complexity index is 940. The number of benzene rings is 4. The lowest BCUT2D eigenvalue weighted by atomic mass is 9.89. The minimum Gasteiger partial charge on any atom is -0.393 e. The van der Waals surface area contributed by atoms with Crippen molar-refractivity contribution < 1.29 is 10.2 Å². The normalized spacial score (nSPS) is 14.9. The smallest absolute Gasteiger partial charge is 0.0820 e. The maximum absolute atomic E-state index is 10.5. The van der Waals surface area contributed by atoms with Gasteiger partial charge >= 0.3 is 0 Å². The Morgan fingerprint density at radius 3 is 2.05 bits per heavy atom. The highest BCUT2D eigenvalue weighted by atomic mass is 16.3. The molecule has 4 rings (SSSR count). The van der Waals surface area contributed by atoms with Gasteiger partial charge in [0.05, 0.1) is 12.2 Å². The van der Waals surface area contributed by atoms with Crippen LogP contribution in [0.15, 0.2) is 54.6 Å². The van der Waals surface area contributed by atoms with Crippen LogP contribution in [0.4, 0.5) is 0 Å². The van der Waals surface area contributed by atoms with Crippen LogP contribution in [0.25, 0.3) is 32.3 Å². The quantitative estimate of drug-likeness (QED) is 0.549. The van der Waals surface area contributed by atoms with Crippen molar-refractivity contribution in [2.45, 2.75) is 25.6 Å². The lowest BCUT2D eigenvalue weighted by Crippen LogP contribution is -2.08. The summed E-state index contributed by atoms with van der Waals surface area (Å²) in [6.45, 7) is 1.71. The van der Waals surface area contributed by atoms with Crippen molar-refractivity contribution in [3.8, 4) is 0 Å². The zero-order chi connectivity index (χ0) is 15.3. The zero-order valence-electron chi connectivity index (χ0n) is 12.5. The van der Waals surface area contributed by atoms with E-state index in [1.807, 2.05) is 6.07 Å². The van der Waals surface area contributed by atoms with E-state index < -0.39 is 12.2 Å². The maximum Gasteiger partial charge on any atom is 0.0820 e. The van der Waals surface area contributed by atoms with E-state index in [-0.39, 0.29) is 0 Å². The van der Waals surface area contributed by atoms with Crippen molar-refractivity contribution in [2.75, 3.05) is 0 Å². The lowest BCUT2D eigenvalue weighted by molar-refractivity contribution is 0.0916. The molecule has 2 N–H and O–H groups in total. The van der Waals surface area contributed by atoms with Gasteiger partial charge < -0.3 is 10.2 Å². The molecule has 2 atom stereocenters. The zero-order valence-corrected chi connectivity index (χ0v) is 12.5. The Balaban J connectivity index is 2.08. The van der Waals surface area contributed by atoms with Gasteiger partial charge in [-0.2, -0.15) is 0 Å². The fourth-order valence-electron chi connectivity index (χ4n) is 3.50. The molecule has 0 aliphatic heterocycles. The number of aliphatic hydroxyl groups excluding tert-OH is 2. The fourth-order valence-corrected chi connectivity index (χ4v) is 3.50. The molecule has 110 valence electrons. The van der Waals surface area contributed by atoms with E-state index >= 15 is 0 Å². The summed E-state index contributed by atoms with van der Waals surface area (Å²) >= 11 is 0. The summed E-state index contributed by atoms with van der Waals surface area (Å²) < 4.78 is 0. The standard InChI is InChI=1S/C20H18O2/c1-12(21)11-18(22)16-9-7-15-6-5-13-3-2-4-14-8-10-17(16)20(15)19(13)14/h2-10,12,18,21-22H,11H2,1H3. The highest BCUT2D eigenvalue weighted by Gasteiger charge is 2.16. The van der Waals surface area contributed by atoms with E-state index in [4.69, 9.17) is 0 Å². The van der Waals surface area contributed by atoms with Gasteiger partial charge in [-0.15, -0.1) is 0 Å². The monoisotopic (exact) mass is 290 g/mol. The first-order valence-electron chi connectivity index (χ1n) is 7.67. The summed E-state index contributed by atoms with van der Waals surface area (Å²) in [5, 5.41) is 27.2. The molecule has 0 aromatic heterocycles. The van der Waals surface area contributed by atoms with Crippen molar-refractivity contribution in [3.05, 3.63) is 60.2 Å². The summed E-state index contributed by atoms with van der Waals surface area (Å²) in [6, 6.07) is 18.9. The van der Waals surface area contributed by atoms with Gasteiger partial charge in [-0.1, -0.05) is 54.6 Å². The molecule has 0 aliphatic rings. The minimum absolute atomic E-state index is 0.351. The summed E-state index contributed by atoms with van der Waals surface area (Å²) in [5.41, 5.74) is 0.895. The SMILES string of the molecule is CC(O)CC(O)c1ccc2ccc3cccc4ccc1c2c34. The van der Waals surface area contributed by atoms with Crippen LogP contribution < -0.4 is 0 Å². The first kappa shape index (κ1) is 13.5. The van der Waals surface area contributed by atoms with Gasteiger partial charge in [0.25, 0.3) is 0 Å². The molecule has 2 heteroatoms. The maximum atomic E-state index is 10.5. The van der Waals surface area contributed by atoms with E-state index in [0.29, 0.717) is 6.42 Å². The highest BCUT2D eigenvalue weighted by Crippen LogP contribution is 2.38. The van der Waals surface area contributed by atoms with Crippen LogP contribution in [-0.2, 0) is 0 Å². The van der Waals surface area contributed by atoms with Gasteiger partial charge in [-0.05, 0) is 44.8 Å². The molecule has 4 aromatic rings. The van der Waals surface area contributed by atoms with Crippen LogP contribution in [-0.4, -0.2) is 16.3 Å². The molecule has 0 spiro atoms. The fraction of sp³-hybridized carbons (Fsp3) is 0.200. The average molecular weight is 290 g/mol. The van der Waals surface area contributed by atoms with E-state index in [9.17, 15) is 10.2 Å². The third-order valence-electron chi connectivity index (χ3n) is 4.49. The largest absolute Gasteiger partial charge is 0.393 e. The second-order valence-electron chi connectivity index (χ2n) is 6.11. The van der Waals surface area contributed by atoms with Gasteiger partial charge in [0.1, 0.15) is 0 Å². The Kier molecular flexibility index (Phi) is 3.03. The van der Waals surface area contributed by atoms with Crippen LogP contribution in [0.5, 0.6) is 0 Å². The number of hydrogen-bond donors (Lipinski definition) is 2. The molecule has 0 fully saturated rings. The first-order chi connectivity index (χ1) is 10.6. The van der Waals surface area contributed by atoms with Crippen molar-refractivity contribution in [3.63, 3.8) is 0 Å². The molecule has 0 bridgehead atoms. The summed E-state index contributed by atoms with van der Waals surface area (Å²) in [5.74, 6) is 0. The average Bonchev–Trinajstić information content (AvgIpc) is 2.51. The minimum atomic E-state index is -0.649. The molecule has 0 heterocycles. The Morgan fingerprint density at radius 2 is 1.36 bits per heavy atom. The van der Waals surface area contributed by atoms with Gasteiger partial charge in [-0.25, -0.2) is 0 Å². The highest BCUT2D eigenvalue weighted by molar-refractivity contribution is 6.23. The molecule has 22 heavy (non-hydrogen) atoms. The van der Waals surface area contributed by atoms with E-state index in [1.54, 1.807) is 6.92 Å². The molecule has 4 aromatic carbocycles. The van der Waals surface area contributed by atoms with Crippen molar-refractivity contribution in [1.29, 1.82) is 0 Å². The summed E-state index contributed by atoms with van der Waals surface area (Å²) in [4.78, 5) is 0. The van der Waals surface area contributed by atoms with E-state index in [2.05, 4.69) is 48.5 Å². The molecular formula is C20H18O2. The summed E-state index contributed by atoms with van der Waals surface area (Å²) in [6.07, 6.45) is -0.817. The predicted octanol–water partition coefficient (Wildman–Crippen LogP) is 4.39. The third kappa shape index (κ3) is 1.96. The molecule has 0 aliphatic carbocycles. The lowest BCUT2D eigenvalue weighted by Gasteiger charge is -2.18. The third-order valence-corrected chi connectivity index (χ3v) is 4.49. The van der Waals surface area contributed by atoms with Gasteiger partial charge in [0, 0.05) is 6.42 Å². The van der Waals surface area contributed by atoms with Gasteiger partial charge in [0.15, 0.2) is 0 Å². The van der Waals surface area contributed by atoms with Crippen LogP contribution in [0.3, 0.4) is 0 Å². The van der Waals surface area contributed by atoms with Gasteiger partial charge in [-0.3, -0.25) is 0 Å². The first-order valence-corrected chi connectivity index (χ1v) is 7.67. The molecule has 2 nitrogen and oxygen atoms in total. The van der Waals surface area contributed by atoms with Crippen LogP contribution >= 0.6 is 0 Å². The van der Waals surface area contributed by atoms with E-state index in [1.165, 1.54) is 26.9 Å². The molecule has 0 saturated carbocycles. The van der Waals surface area contributed by atoms with Gasteiger partial charge in [0.2, 0.25) is 0 Å². The number of aliphatic hydroxyl groups is 2. The second kappa shape index (κ2) is 4.94. The van der Waals surface area contributed by atoms with Crippen molar-refractivity contribution in [1.82, 2.24) is 0 Å².